The molecule has 0 aliphatic carbocycles. The lowest BCUT2D eigenvalue weighted by Gasteiger charge is -2.48. The number of aryl methyl sites for hydroxylation is 1. The van der Waals surface area contributed by atoms with Crippen LogP contribution in [0.1, 0.15) is 5.69 Å². The van der Waals surface area contributed by atoms with E-state index >= 15 is 0 Å². The van der Waals surface area contributed by atoms with Gasteiger partial charge in [0.05, 0.1) is 6.20 Å². The van der Waals surface area contributed by atoms with Gasteiger partial charge in [-0.1, -0.05) is 0 Å². The van der Waals surface area contributed by atoms with Gasteiger partial charge in [-0.15, -0.1) is 23.5 Å². The fourth-order valence-electron chi connectivity index (χ4n) is 2.96. The topological polar surface area (TPSA) is 114 Å². The zero-order valence-electron chi connectivity index (χ0n) is 13.2. The number of carboxylic acid groups (broad SMARTS) is 1. The third-order valence-electron chi connectivity index (χ3n) is 4.20. The van der Waals surface area contributed by atoms with E-state index in [1.807, 2.05) is 19.1 Å². The summed E-state index contributed by atoms with van der Waals surface area (Å²) < 4.78 is 1.74. The van der Waals surface area contributed by atoms with E-state index in [0.717, 1.165) is 16.4 Å². The number of carbonyl (C=O) groups is 2. The highest BCUT2D eigenvalue weighted by Crippen LogP contribution is 2.40. The first-order chi connectivity index (χ1) is 12.0. The smallest absolute Gasteiger partial charge is 0.352 e. The van der Waals surface area contributed by atoms with Crippen LogP contribution in [-0.4, -0.2) is 59.4 Å². The number of hydrogen-bond donors (Lipinski definition) is 2. The van der Waals surface area contributed by atoms with Crippen LogP contribution in [0.2, 0.25) is 0 Å². The Bertz CT molecular complexity index is 925. The van der Waals surface area contributed by atoms with Gasteiger partial charge in [0, 0.05) is 23.3 Å². The van der Waals surface area contributed by atoms with Crippen LogP contribution in [-0.2, 0) is 9.59 Å². The zero-order chi connectivity index (χ0) is 17.7. The number of thioether (sulfide) groups is 2. The second-order valence-corrected chi connectivity index (χ2v) is 7.92. The maximum absolute atomic E-state index is 12.0. The minimum Gasteiger partial charge on any atom is -0.477 e. The summed E-state index contributed by atoms with van der Waals surface area (Å²) in [7, 11) is 0. The number of carboxylic acids is 1. The van der Waals surface area contributed by atoms with Gasteiger partial charge in [0.1, 0.15) is 22.1 Å². The second-order valence-electron chi connectivity index (χ2n) is 5.82. The predicted octanol–water partition coefficient (Wildman–Crippen LogP) is 0.711. The third kappa shape index (κ3) is 2.60. The van der Waals surface area contributed by atoms with Crippen molar-refractivity contribution < 1.29 is 14.7 Å². The first-order valence-electron chi connectivity index (χ1n) is 7.57. The third-order valence-corrected chi connectivity index (χ3v) is 6.56. The molecule has 0 unspecified atom stereocenters. The van der Waals surface area contributed by atoms with Crippen molar-refractivity contribution in [3.8, 4) is 0 Å². The molecule has 1 saturated heterocycles. The Morgan fingerprint density at radius 3 is 3.12 bits per heavy atom. The molecule has 10 heteroatoms. The van der Waals surface area contributed by atoms with Gasteiger partial charge < -0.3 is 10.8 Å². The summed E-state index contributed by atoms with van der Waals surface area (Å²) in [6, 6.07) is 3.12. The summed E-state index contributed by atoms with van der Waals surface area (Å²) in [4.78, 5) is 29.5. The summed E-state index contributed by atoms with van der Waals surface area (Å²) >= 11 is 2.96. The van der Waals surface area contributed by atoms with Crippen molar-refractivity contribution in [3.63, 3.8) is 0 Å². The minimum atomic E-state index is -1.09. The second kappa shape index (κ2) is 6.04. The first-order valence-corrected chi connectivity index (χ1v) is 9.60. The van der Waals surface area contributed by atoms with Crippen molar-refractivity contribution in [1.82, 2.24) is 19.5 Å². The Kier molecular flexibility index (Phi) is 3.97. The first kappa shape index (κ1) is 16.4. The molecule has 4 heterocycles. The van der Waals surface area contributed by atoms with Crippen LogP contribution < -0.4 is 5.73 Å². The van der Waals surface area contributed by atoms with Gasteiger partial charge >= 0.3 is 5.97 Å². The molecule has 2 atom stereocenters. The van der Waals surface area contributed by atoms with Gasteiger partial charge in [-0.2, -0.15) is 5.10 Å². The lowest BCUT2D eigenvalue weighted by atomic mass is 10.0. The number of rotatable bonds is 4. The highest BCUT2D eigenvalue weighted by Gasteiger charge is 2.51. The molecule has 130 valence electrons. The number of aromatic nitrogens is 3. The summed E-state index contributed by atoms with van der Waals surface area (Å²) in [5.74, 6) is -0.412. The van der Waals surface area contributed by atoms with E-state index in [-0.39, 0.29) is 17.0 Å². The maximum Gasteiger partial charge on any atom is 0.352 e. The van der Waals surface area contributed by atoms with Gasteiger partial charge in [-0.05, 0) is 18.6 Å². The van der Waals surface area contributed by atoms with Crippen molar-refractivity contribution in [2.45, 2.75) is 23.4 Å². The largest absolute Gasteiger partial charge is 0.477 e. The van der Waals surface area contributed by atoms with Gasteiger partial charge in [0.25, 0.3) is 0 Å². The highest BCUT2D eigenvalue weighted by atomic mass is 32.2. The van der Waals surface area contributed by atoms with Crippen molar-refractivity contribution >= 4 is 41.0 Å². The Balaban J connectivity index is 1.60. The highest BCUT2D eigenvalue weighted by molar-refractivity contribution is 8.01. The molecule has 4 rings (SSSR count). The van der Waals surface area contributed by atoms with Crippen LogP contribution in [0, 0.1) is 6.92 Å². The molecular formula is C15H15N5O3S2. The molecule has 2 aliphatic heterocycles. The van der Waals surface area contributed by atoms with Crippen LogP contribution in [0.15, 0.2) is 34.6 Å². The summed E-state index contributed by atoms with van der Waals surface area (Å²) in [5.41, 5.74) is 8.24. The fourth-order valence-corrected chi connectivity index (χ4v) is 5.36. The Morgan fingerprint density at radius 2 is 2.36 bits per heavy atom. The monoisotopic (exact) mass is 377 g/mol. The summed E-state index contributed by atoms with van der Waals surface area (Å²) in [6.45, 7) is 1.94. The molecule has 2 aromatic rings. The molecule has 8 nitrogen and oxygen atoms in total. The van der Waals surface area contributed by atoms with Crippen LogP contribution in [0.25, 0.3) is 5.65 Å². The van der Waals surface area contributed by atoms with Gasteiger partial charge in [0.15, 0.2) is 5.65 Å². The van der Waals surface area contributed by atoms with Gasteiger partial charge in [-0.25, -0.2) is 14.3 Å². The number of hydrogen-bond acceptors (Lipinski definition) is 7. The van der Waals surface area contributed by atoms with E-state index in [4.69, 9.17) is 5.73 Å². The molecule has 0 spiro atoms. The van der Waals surface area contributed by atoms with Crippen LogP contribution in [0.3, 0.4) is 0 Å². The van der Waals surface area contributed by atoms with E-state index in [0.29, 0.717) is 17.1 Å². The number of fused-ring (bicyclic) bond motifs is 2. The molecule has 1 fully saturated rings. The number of carbonyl (C=O) groups excluding carboxylic acids is 1. The quantitative estimate of drug-likeness (QED) is 0.455. The SMILES string of the molecule is Cc1cc(SCC2=C(C(=O)O)N3C(=O)[C@@H](N)[C@H]3SC2)nc2ccnn12. The molecular weight excluding hydrogens is 362 g/mol. The Morgan fingerprint density at radius 1 is 1.56 bits per heavy atom. The molecule has 2 aromatic heterocycles. The zero-order valence-corrected chi connectivity index (χ0v) is 14.9. The number of nitrogens with two attached hydrogens (primary N) is 1. The summed E-state index contributed by atoms with van der Waals surface area (Å²) in [5, 5.41) is 14.3. The van der Waals surface area contributed by atoms with Gasteiger partial charge in [-0.3, -0.25) is 9.69 Å². The molecule has 0 aromatic carbocycles. The van der Waals surface area contributed by atoms with E-state index in [2.05, 4.69) is 10.1 Å². The predicted molar refractivity (Wildman–Crippen MR) is 94.2 cm³/mol. The lowest BCUT2D eigenvalue weighted by molar-refractivity contribution is -0.147. The Hall–Kier alpha value is -2.04. The Labute approximate surface area is 151 Å². The number of nitrogens with zero attached hydrogens (tertiary/aromatic N) is 4. The van der Waals surface area contributed by atoms with Crippen molar-refractivity contribution in [2.75, 3.05) is 11.5 Å². The van der Waals surface area contributed by atoms with Crippen LogP contribution >= 0.6 is 23.5 Å². The van der Waals surface area contributed by atoms with Gasteiger partial charge in [0.2, 0.25) is 5.91 Å². The molecule has 0 saturated carbocycles. The average molecular weight is 377 g/mol. The van der Waals surface area contributed by atoms with E-state index < -0.39 is 12.0 Å². The number of β-lactam (4-membered cyclic amide) rings is 1. The number of amides is 1. The lowest BCUT2D eigenvalue weighted by Crippen LogP contribution is -2.68. The van der Waals surface area contributed by atoms with E-state index in [9.17, 15) is 14.7 Å². The van der Waals surface area contributed by atoms with Crippen LogP contribution in [0.5, 0.6) is 0 Å². The van der Waals surface area contributed by atoms with E-state index in [1.54, 1.807) is 10.7 Å². The molecule has 25 heavy (non-hydrogen) atoms. The van der Waals surface area contributed by atoms with Crippen molar-refractivity contribution in [1.29, 1.82) is 0 Å². The van der Waals surface area contributed by atoms with E-state index in [1.165, 1.54) is 28.4 Å². The minimum absolute atomic E-state index is 0.0742. The normalized spacial score (nSPS) is 23.0. The van der Waals surface area contributed by atoms with Crippen molar-refractivity contribution in [3.05, 3.63) is 35.3 Å². The average Bonchev–Trinajstić information content (AvgIpc) is 3.07. The molecule has 1 amide bonds. The number of aliphatic carboxylic acids is 1. The van der Waals surface area contributed by atoms with Crippen LogP contribution in [0.4, 0.5) is 0 Å². The van der Waals surface area contributed by atoms with Crippen molar-refractivity contribution in [2.24, 2.45) is 5.73 Å². The fraction of sp³-hybridized carbons (Fsp3) is 0.333. The molecule has 0 bridgehead atoms. The summed E-state index contributed by atoms with van der Waals surface area (Å²) in [6.07, 6.45) is 1.69. The molecule has 3 N–H and O–H groups in total. The molecule has 2 aliphatic rings. The molecule has 0 radical (unpaired) electrons. The maximum atomic E-state index is 12.0. The standard InChI is InChI=1S/C15H15N5O3S2/c1-7-4-10(18-9-2-3-17-20(7)9)24-5-8-6-25-14-11(16)13(21)19(14)12(8)15(22)23/h2-4,11,14H,5-6,16H2,1H3,(H,22,23)/t11-,14-/m1/s1.